The minimum absolute atomic E-state index is 0.148. The molecule has 4 nitrogen and oxygen atoms in total. The Morgan fingerprint density at radius 3 is 2.48 bits per heavy atom. The topological polar surface area (TPSA) is 58.2 Å². The Bertz CT molecular complexity index is 583. The average Bonchev–Trinajstić information content (AvgIpc) is 3.07. The van der Waals surface area contributed by atoms with Gasteiger partial charge in [-0.15, -0.1) is 0 Å². The number of rotatable bonds is 6. The van der Waals surface area contributed by atoms with Crippen LogP contribution in [0.15, 0.2) is 29.2 Å². The van der Waals surface area contributed by atoms with Gasteiger partial charge in [0.2, 0.25) is 10.0 Å². The molecular weight excluding hydrogens is 284 g/mol. The molecule has 1 aromatic carbocycles. The third-order valence-corrected chi connectivity index (χ3v) is 6.36. The van der Waals surface area contributed by atoms with Crippen molar-refractivity contribution in [1.29, 1.82) is 0 Å². The number of hydrogen-bond donors (Lipinski definition) is 2. The molecule has 21 heavy (non-hydrogen) atoms. The molecule has 0 aliphatic heterocycles. The summed E-state index contributed by atoms with van der Waals surface area (Å²) in [6, 6.07) is 7.34. The predicted octanol–water partition coefficient (Wildman–Crippen LogP) is 2.26. The Morgan fingerprint density at radius 2 is 1.90 bits per heavy atom. The van der Waals surface area contributed by atoms with Gasteiger partial charge >= 0.3 is 0 Å². The minimum Gasteiger partial charge on any atom is -0.313 e. The van der Waals surface area contributed by atoms with Crippen LogP contribution in [-0.2, 0) is 16.6 Å². The molecule has 3 rings (SSSR count). The summed E-state index contributed by atoms with van der Waals surface area (Å²) in [6.45, 7) is 3.74. The molecule has 0 aromatic heterocycles. The quantitative estimate of drug-likeness (QED) is 0.847. The summed E-state index contributed by atoms with van der Waals surface area (Å²) in [5.74, 6) is 1.29. The number of hydrogen-bond acceptors (Lipinski definition) is 3. The molecule has 0 radical (unpaired) electrons. The molecule has 2 fully saturated rings. The lowest BCUT2D eigenvalue weighted by molar-refractivity contribution is 0.390. The molecule has 1 aromatic rings. The maximum absolute atomic E-state index is 12.5. The zero-order chi connectivity index (χ0) is 14.9. The molecule has 3 atom stereocenters. The van der Waals surface area contributed by atoms with Gasteiger partial charge in [-0.2, -0.15) is 0 Å². The SMILES string of the molecule is CCNCc1ccc(S(=O)(=O)NC2CC3CCC2C3)cc1. The van der Waals surface area contributed by atoms with E-state index in [0.29, 0.717) is 10.8 Å². The Labute approximate surface area is 127 Å². The van der Waals surface area contributed by atoms with Crippen molar-refractivity contribution in [2.24, 2.45) is 11.8 Å². The van der Waals surface area contributed by atoms with Gasteiger partial charge in [-0.25, -0.2) is 13.1 Å². The lowest BCUT2D eigenvalue weighted by Gasteiger charge is -2.22. The molecule has 5 heteroatoms. The van der Waals surface area contributed by atoms with Crippen LogP contribution in [0.5, 0.6) is 0 Å². The standard InChI is InChI=1S/C16H24N2O2S/c1-2-17-11-12-4-7-15(8-5-12)21(19,20)18-16-10-13-3-6-14(16)9-13/h4-5,7-8,13-14,16-18H,2-3,6,9-11H2,1H3. The van der Waals surface area contributed by atoms with E-state index in [1.807, 2.05) is 12.1 Å². The normalized spacial score (nSPS) is 28.1. The first-order chi connectivity index (χ1) is 10.1. The van der Waals surface area contributed by atoms with Crippen LogP contribution >= 0.6 is 0 Å². The summed E-state index contributed by atoms with van der Waals surface area (Å²) in [7, 11) is -3.37. The van der Waals surface area contributed by atoms with Crippen molar-refractivity contribution in [1.82, 2.24) is 10.0 Å². The van der Waals surface area contributed by atoms with Crippen molar-refractivity contribution in [3.05, 3.63) is 29.8 Å². The Morgan fingerprint density at radius 1 is 1.14 bits per heavy atom. The number of fused-ring (bicyclic) bond motifs is 2. The highest BCUT2D eigenvalue weighted by Crippen LogP contribution is 2.44. The van der Waals surface area contributed by atoms with Crippen LogP contribution in [0.4, 0.5) is 0 Å². The van der Waals surface area contributed by atoms with Gasteiger partial charge in [-0.1, -0.05) is 25.5 Å². The maximum Gasteiger partial charge on any atom is 0.240 e. The molecule has 2 saturated carbocycles. The molecule has 2 aliphatic rings. The fraction of sp³-hybridized carbons (Fsp3) is 0.625. The predicted molar refractivity (Wildman–Crippen MR) is 83.4 cm³/mol. The van der Waals surface area contributed by atoms with E-state index in [1.54, 1.807) is 12.1 Å². The van der Waals surface area contributed by atoms with Crippen LogP contribution in [0.2, 0.25) is 0 Å². The van der Waals surface area contributed by atoms with E-state index in [0.717, 1.165) is 31.0 Å². The Kier molecular flexibility index (Phi) is 4.33. The monoisotopic (exact) mass is 308 g/mol. The molecular formula is C16H24N2O2S. The first-order valence-electron chi connectivity index (χ1n) is 7.90. The van der Waals surface area contributed by atoms with Gasteiger partial charge < -0.3 is 5.32 Å². The van der Waals surface area contributed by atoms with Crippen molar-refractivity contribution in [3.63, 3.8) is 0 Å². The molecule has 2 aliphatic carbocycles. The van der Waals surface area contributed by atoms with Crippen LogP contribution in [0.1, 0.15) is 38.2 Å². The van der Waals surface area contributed by atoms with E-state index < -0.39 is 10.0 Å². The van der Waals surface area contributed by atoms with E-state index in [-0.39, 0.29) is 6.04 Å². The van der Waals surface area contributed by atoms with Gasteiger partial charge in [0, 0.05) is 12.6 Å². The van der Waals surface area contributed by atoms with Crippen LogP contribution in [0.3, 0.4) is 0 Å². The summed E-state index contributed by atoms with van der Waals surface area (Å²) in [4.78, 5) is 0.380. The summed E-state index contributed by atoms with van der Waals surface area (Å²) in [5.41, 5.74) is 1.11. The van der Waals surface area contributed by atoms with Gasteiger partial charge in [-0.3, -0.25) is 0 Å². The largest absolute Gasteiger partial charge is 0.313 e. The van der Waals surface area contributed by atoms with Crippen molar-refractivity contribution < 1.29 is 8.42 Å². The summed E-state index contributed by atoms with van der Waals surface area (Å²) < 4.78 is 27.8. The van der Waals surface area contributed by atoms with E-state index in [2.05, 4.69) is 17.0 Å². The van der Waals surface area contributed by atoms with Crippen LogP contribution < -0.4 is 10.0 Å². The second kappa shape index (κ2) is 6.07. The van der Waals surface area contributed by atoms with E-state index in [4.69, 9.17) is 0 Å². The zero-order valence-electron chi connectivity index (χ0n) is 12.5. The molecule has 116 valence electrons. The molecule has 0 amide bonds. The molecule has 2 N–H and O–H groups in total. The lowest BCUT2D eigenvalue weighted by Crippen LogP contribution is -2.38. The van der Waals surface area contributed by atoms with Crippen LogP contribution in [-0.4, -0.2) is 21.0 Å². The first kappa shape index (κ1) is 15.0. The van der Waals surface area contributed by atoms with Crippen molar-refractivity contribution in [3.8, 4) is 0 Å². The summed E-state index contributed by atoms with van der Waals surface area (Å²) in [5, 5.41) is 3.23. The summed E-state index contributed by atoms with van der Waals surface area (Å²) in [6.07, 6.45) is 4.68. The van der Waals surface area contributed by atoms with E-state index >= 15 is 0 Å². The van der Waals surface area contributed by atoms with Crippen LogP contribution in [0.25, 0.3) is 0 Å². The maximum atomic E-state index is 12.5. The van der Waals surface area contributed by atoms with E-state index in [1.165, 1.54) is 19.3 Å². The highest BCUT2D eigenvalue weighted by molar-refractivity contribution is 7.89. The zero-order valence-corrected chi connectivity index (χ0v) is 13.3. The molecule has 0 heterocycles. The van der Waals surface area contributed by atoms with Gasteiger partial charge in [-0.05, 0) is 55.3 Å². The van der Waals surface area contributed by atoms with Crippen molar-refractivity contribution in [2.75, 3.05) is 6.54 Å². The second-order valence-electron chi connectivity index (χ2n) is 6.33. The minimum atomic E-state index is -3.37. The van der Waals surface area contributed by atoms with Gasteiger partial charge in [0.25, 0.3) is 0 Å². The van der Waals surface area contributed by atoms with Gasteiger partial charge in [0.05, 0.1) is 4.90 Å². The number of sulfonamides is 1. The first-order valence-corrected chi connectivity index (χ1v) is 9.39. The lowest BCUT2D eigenvalue weighted by atomic mass is 9.96. The highest BCUT2D eigenvalue weighted by Gasteiger charge is 2.41. The number of benzene rings is 1. The third-order valence-electron chi connectivity index (χ3n) is 4.86. The molecule has 2 bridgehead atoms. The molecule has 0 spiro atoms. The van der Waals surface area contributed by atoms with Gasteiger partial charge in [0.1, 0.15) is 0 Å². The third kappa shape index (κ3) is 3.30. The summed E-state index contributed by atoms with van der Waals surface area (Å²) >= 11 is 0. The Hall–Kier alpha value is -0.910. The van der Waals surface area contributed by atoms with Crippen molar-refractivity contribution >= 4 is 10.0 Å². The van der Waals surface area contributed by atoms with E-state index in [9.17, 15) is 8.42 Å². The molecule has 0 saturated heterocycles. The van der Waals surface area contributed by atoms with Crippen molar-refractivity contribution in [2.45, 2.75) is 50.1 Å². The fourth-order valence-corrected chi connectivity index (χ4v) is 5.03. The Balaban J connectivity index is 1.67. The second-order valence-corrected chi connectivity index (χ2v) is 8.04. The molecule has 3 unspecified atom stereocenters. The van der Waals surface area contributed by atoms with Crippen LogP contribution in [0, 0.1) is 11.8 Å². The average molecular weight is 308 g/mol. The highest BCUT2D eigenvalue weighted by atomic mass is 32.2. The van der Waals surface area contributed by atoms with Gasteiger partial charge in [0.15, 0.2) is 0 Å². The fourth-order valence-electron chi connectivity index (χ4n) is 3.71. The smallest absolute Gasteiger partial charge is 0.240 e. The number of nitrogens with one attached hydrogen (secondary N) is 2.